The Bertz CT molecular complexity index is 659. The summed E-state index contributed by atoms with van der Waals surface area (Å²) in [5.41, 5.74) is 2.53. The molecule has 1 aromatic carbocycles. The molecular weight excluding hydrogens is 212 g/mol. The fourth-order valence-electron chi connectivity index (χ4n) is 1.73. The number of aromatic nitrogens is 4. The van der Waals surface area contributed by atoms with Crippen molar-refractivity contribution in [2.75, 3.05) is 0 Å². The molecule has 0 saturated heterocycles. The normalized spacial score (nSPS) is 11.3. The van der Waals surface area contributed by atoms with Crippen molar-refractivity contribution in [2.24, 2.45) is 0 Å². The van der Waals surface area contributed by atoms with E-state index in [0.29, 0.717) is 10.7 Å². The number of para-hydroxylation sites is 1. The van der Waals surface area contributed by atoms with Crippen LogP contribution in [0.2, 0.25) is 5.02 Å². The number of hydrogen-bond donors (Lipinski definition) is 0. The fraction of sp³-hybridized carbons (Fsp3) is 0.100. The molecule has 0 amide bonds. The van der Waals surface area contributed by atoms with Crippen molar-refractivity contribution >= 4 is 28.2 Å². The number of pyridine rings is 1. The molecule has 0 spiro atoms. The van der Waals surface area contributed by atoms with Crippen LogP contribution in [0.4, 0.5) is 0 Å². The molecule has 3 rings (SSSR count). The van der Waals surface area contributed by atoms with Crippen LogP contribution in [0.1, 0.15) is 5.56 Å². The lowest BCUT2D eigenvalue weighted by atomic mass is 10.1. The Morgan fingerprint density at radius 2 is 2.07 bits per heavy atom. The van der Waals surface area contributed by atoms with Crippen molar-refractivity contribution in [3.8, 4) is 0 Å². The molecule has 0 atom stereocenters. The summed E-state index contributed by atoms with van der Waals surface area (Å²) in [7, 11) is 0. The van der Waals surface area contributed by atoms with E-state index >= 15 is 0 Å². The van der Waals surface area contributed by atoms with Crippen LogP contribution in [0.15, 0.2) is 24.3 Å². The van der Waals surface area contributed by atoms with Crippen LogP contribution in [0.3, 0.4) is 0 Å². The predicted octanol–water partition coefficient (Wildman–Crippen LogP) is 2.24. The van der Waals surface area contributed by atoms with Crippen LogP contribution in [-0.4, -0.2) is 20.0 Å². The van der Waals surface area contributed by atoms with Gasteiger partial charge in [0, 0.05) is 10.9 Å². The van der Waals surface area contributed by atoms with Gasteiger partial charge in [0.05, 0.1) is 10.5 Å². The first-order valence-electron chi connectivity index (χ1n) is 4.54. The standard InChI is InChI=1S/C10H7ClN4/c1-6-9(11)7-4-2-3-5-8(7)15-10(6)12-13-14-15/h2-5H,1H3. The lowest BCUT2D eigenvalue weighted by Crippen LogP contribution is -1.94. The van der Waals surface area contributed by atoms with Gasteiger partial charge in [0.2, 0.25) is 0 Å². The Morgan fingerprint density at radius 3 is 2.93 bits per heavy atom. The second kappa shape index (κ2) is 2.90. The predicted molar refractivity (Wildman–Crippen MR) is 58.0 cm³/mol. The number of halogens is 1. The average molecular weight is 219 g/mol. The zero-order valence-corrected chi connectivity index (χ0v) is 8.73. The van der Waals surface area contributed by atoms with Crippen LogP contribution < -0.4 is 0 Å². The Balaban J connectivity index is 2.70. The first-order chi connectivity index (χ1) is 7.29. The van der Waals surface area contributed by atoms with Gasteiger partial charge in [-0.15, -0.1) is 5.10 Å². The van der Waals surface area contributed by atoms with Crippen molar-refractivity contribution in [3.63, 3.8) is 0 Å². The SMILES string of the molecule is Cc1c(Cl)c2ccccc2n2nnnc12. The summed E-state index contributed by atoms with van der Waals surface area (Å²) >= 11 is 6.25. The third-order valence-corrected chi connectivity index (χ3v) is 2.99. The number of hydrogen-bond acceptors (Lipinski definition) is 3. The highest BCUT2D eigenvalue weighted by Gasteiger charge is 2.11. The first kappa shape index (κ1) is 8.61. The summed E-state index contributed by atoms with van der Waals surface area (Å²) < 4.78 is 1.70. The number of fused-ring (bicyclic) bond motifs is 3. The molecule has 2 heterocycles. The van der Waals surface area contributed by atoms with E-state index in [0.717, 1.165) is 16.5 Å². The van der Waals surface area contributed by atoms with E-state index in [4.69, 9.17) is 11.6 Å². The van der Waals surface area contributed by atoms with E-state index in [-0.39, 0.29) is 0 Å². The molecule has 5 heteroatoms. The summed E-state index contributed by atoms with van der Waals surface area (Å²) in [4.78, 5) is 0. The summed E-state index contributed by atoms with van der Waals surface area (Å²) in [6.45, 7) is 1.92. The molecule has 0 fully saturated rings. The topological polar surface area (TPSA) is 43.1 Å². The van der Waals surface area contributed by atoms with Gasteiger partial charge in [-0.05, 0) is 23.4 Å². The molecule has 0 aliphatic carbocycles. The number of tetrazole rings is 1. The molecule has 15 heavy (non-hydrogen) atoms. The minimum absolute atomic E-state index is 0.707. The molecule has 0 saturated carbocycles. The zero-order chi connectivity index (χ0) is 10.4. The molecule has 0 aliphatic rings. The van der Waals surface area contributed by atoms with Crippen LogP contribution in [0.25, 0.3) is 16.6 Å². The first-order valence-corrected chi connectivity index (χ1v) is 4.92. The second-order valence-corrected chi connectivity index (χ2v) is 3.75. The van der Waals surface area contributed by atoms with E-state index in [1.807, 2.05) is 31.2 Å². The molecule has 4 nitrogen and oxygen atoms in total. The van der Waals surface area contributed by atoms with Crippen molar-refractivity contribution in [2.45, 2.75) is 6.92 Å². The summed E-state index contributed by atoms with van der Waals surface area (Å²) in [5, 5.41) is 13.2. The van der Waals surface area contributed by atoms with Crippen molar-refractivity contribution in [3.05, 3.63) is 34.9 Å². The largest absolute Gasteiger partial charge is 0.192 e. The van der Waals surface area contributed by atoms with Gasteiger partial charge >= 0.3 is 0 Å². The summed E-state index contributed by atoms with van der Waals surface area (Å²) in [6.07, 6.45) is 0. The minimum Gasteiger partial charge on any atom is -0.192 e. The lowest BCUT2D eigenvalue weighted by Gasteiger charge is -2.05. The molecule has 0 unspecified atom stereocenters. The maximum Gasteiger partial charge on any atom is 0.184 e. The number of rotatable bonds is 0. The van der Waals surface area contributed by atoms with Gasteiger partial charge in [0.1, 0.15) is 0 Å². The maximum absolute atomic E-state index is 6.25. The van der Waals surface area contributed by atoms with Crippen LogP contribution in [-0.2, 0) is 0 Å². The number of nitrogens with zero attached hydrogens (tertiary/aromatic N) is 4. The molecule has 0 aliphatic heterocycles. The van der Waals surface area contributed by atoms with Crippen LogP contribution in [0.5, 0.6) is 0 Å². The van der Waals surface area contributed by atoms with Gasteiger partial charge in [0.25, 0.3) is 0 Å². The molecular formula is C10H7ClN4. The van der Waals surface area contributed by atoms with Gasteiger partial charge in [-0.25, -0.2) is 0 Å². The van der Waals surface area contributed by atoms with Crippen molar-refractivity contribution in [1.82, 2.24) is 20.0 Å². The third kappa shape index (κ3) is 1.05. The van der Waals surface area contributed by atoms with Gasteiger partial charge in [-0.2, -0.15) is 4.52 Å². The fourth-order valence-corrected chi connectivity index (χ4v) is 1.97. The van der Waals surface area contributed by atoms with Gasteiger partial charge < -0.3 is 0 Å². The van der Waals surface area contributed by atoms with Crippen molar-refractivity contribution < 1.29 is 0 Å². The average Bonchev–Trinajstić information content (AvgIpc) is 2.75. The lowest BCUT2D eigenvalue weighted by molar-refractivity contribution is 0.841. The van der Waals surface area contributed by atoms with Gasteiger partial charge in [-0.3, -0.25) is 0 Å². The third-order valence-electron chi connectivity index (χ3n) is 2.50. The molecule has 2 aromatic heterocycles. The Labute approximate surface area is 90.5 Å². The Kier molecular flexibility index (Phi) is 1.67. The molecule has 0 radical (unpaired) electrons. The van der Waals surface area contributed by atoms with Crippen LogP contribution >= 0.6 is 11.6 Å². The van der Waals surface area contributed by atoms with Crippen LogP contribution in [0, 0.1) is 6.92 Å². The molecule has 74 valence electrons. The highest BCUT2D eigenvalue weighted by molar-refractivity contribution is 6.36. The van der Waals surface area contributed by atoms with Gasteiger partial charge in [-0.1, -0.05) is 29.8 Å². The molecule has 0 bridgehead atoms. The smallest absolute Gasteiger partial charge is 0.184 e. The second-order valence-electron chi connectivity index (χ2n) is 3.37. The number of benzene rings is 1. The van der Waals surface area contributed by atoms with E-state index in [2.05, 4.69) is 15.5 Å². The summed E-state index contributed by atoms with van der Waals surface area (Å²) in [6, 6.07) is 7.80. The molecule has 3 aromatic rings. The van der Waals surface area contributed by atoms with E-state index < -0.39 is 0 Å². The Hall–Kier alpha value is -1.68. The highest BCUT2D eigenvalue weighted by Crippen LogP contribution is 2.28. The maximum atomic E-state index is 6.25. The molecule has 0 N–H and O–H groups in total. The zero-order valence-electron chi connectivity index (χ0n) is 7.98. The van der Waals surface area contributed by atoms with Gasteiger partial charge in [0.15, 0.2) is 5.65 Å². The summed E-state index contributed by atoms with van der Waals surface area (Å²) in [5.74, 6) is 0. The highest BCUT2D eigenvalue weighted by atomic mass is 35.5. The minimum atomic E-state index is 0.707. The van der Waals surface area contributed by atoms with E-state index in [1.54, 1.807) is 4.52 Å². The van der Waals surface area contributed by atoms with Crippen molar-refractivity contribution in [1.29, 1.82) is 0 Å². The number of aryl methyl sites for hydroxylation is 1. The van der Waals surface area contributed by atoms with E-state index in [9.17, 15) is 0 Å². The Morgan fingerprint density at radius 1 is 1.27 bits per heavy atom. The monoisotopic (exact) mass is 218 g/mol. The quantitative estimate of drug-likeness (QED) is 0.581. The van der Waals surface area contributed by atoms with E-state index in [1.165, 1.54) is 0 Å².